The number of carbonyl (C=O) groups excluding carboxylic acids is 1. The Bertz CT molecular complexity index is 582. The van der Waals surface area contributed by atoms with Gasteiger partial charge in [0, 0.05) is 16.6 Å². The fourth-order valence-electron chi connectivity index (χ4n) is 1.62. The Morgan fingerprint density at radius 2 is 2.28 bits per heavy atom. The minimum absolute atomic E-state index is 0.273. The molecule has 0 aliphatic heterocycles. The van der Waals surface area contributed by atoms with E-state index in [1.807, 2.05) is 6.92 Å². The first-order valence-corrected chi connectivity index (χ1v) is 6.31. The van der Waals surface area contributed by atoms with Gasteiger partial charge < -0.3 is 0 Å². The van der Waals surface area contributed by atoms with Crippen LogP contribution in [0.25, 0.3) is 0 Å². The van der Waals surface area contributed by atoms with E-state index in [1.54, 1.807) is 0 Å². The lowest BCUT2D eigenvalue weighted by Gasteiger charge is -2.05. The second-order valence-corrected chi connectivity index (χ2v) is 4.65. The Morgan fingerprint density at radius 3 is 3.00 bits per heavy atom. The summed E-state index contributed by atoms with van der Waals surface area (Å²) in [7, 11) is 0. The van der Waals surface area contributed by atoms with Crippen LogP contribution in [-0.4, -0.2) is 20.8 Å². The number of ketones is 1. The number of halogens is 2. The number of carbonyl (C=O) groups is 1. The van der Waals surface area contributed by atoms with Gasteiger partial charge in [0.15, 0.2) is 0 Å². The van der Waals surface area contributed by atoms with Crippen LogP contribution in [0, 0.1) is 5.82 Å². The van der Waals surface area contributed by atoms with Gasteiger partial charge in [0.25, 0.3) is 0 Å². The molecule has 0 bridgehead atoms. The summed E-state index contributed by atoms with van der Waals surface area (Å²) in [5.41, 5.74) is 0.637. The van der Waals surface area contributed by atoms with Gasteiger partial charge in [0.05, 0.1) is 6.20 Å². The van der Waals surface area contributed by atoms with Crippen molar-refractivity contribution in [1.82, 2.24) is 15.0 Å². The molecule has 1 aromatic carbocycles. The van der Waals surface area contributed by atoms with Crippen LogP contribution in [0.5, 0.6) is 0 Å². The molecule has 0 saturated heterocycles. The van der Waals surface area contributed by atoms with Gasteiger partial charge in [-0.1, -0.05) is 28.1 Å². The van der Waals surface area contributed by atoms with Gasteiger partial charge >= 0.3 is 0 Å². The van der Waals surface area contributed by atoms with Crippen molar-refractivity contribution in [1.29, 1.82) is 0 Å². The first kappa shape index (κ1) is 12.9. The summed E-state index contributed by atoms with van der Waals surface area (Å²) in [5.74, 6) is -0.740. The average molecular weight is 312 g/mol. The molecule has 0 radical (unpaired) electrons. The highest BCUT2D eigenvalue weighted by molar-refractivity contribution is 9.10. The lowest BCUT2D eigenvalue weighted by molar-refractivity contribution is 0.102. The smallest absolute Gasteiger partial charge is 0.213 e. The summed E-state index contributed by atoms with van der Waals surface area (Å²) in [6.07, 6.45) is 2.24. The monoisotopic (exact) mass is 311 g/mol. The lowest BCUT2D eigenvalue weighted by Crippen LogP contribution is -2.12. The van der Waals surface area contributed by atoms with E-state index in [2.05, 4.69) is 26.2 Å². The van der Waals surface area contributed by atoms with E-state index in [0.717, 1.165) is 6.42 Å². The maximum Gasteiger partial charge on any atom is 0.213 e. The molecule has 1 heterocycles. The van der Waals surface area contributed by atoms with Crippen molar-refractivity contribution >= 4 is 21.7 Å². The third kappa shape index (κ3) is 2.48. The van der Waals surface area contributed by atoms with E-state index in [-0.39, 0.29) is 11.3 Å². The standard InChI is InChI=1S/C12H11BrFN3O/c1-2-5-17-11(7-15-16-17)12(18)9-6-8(14)3-4-10(9)13/h3-4,6-7H,2,5H2,1H3. The number of hydrogen-bond acceptors (Lipinski definition) is 3. The molecule has 0 fully saturated rings. The molecule has 18 heavy (non-hydrogen) atoms. The van der Waals surface area contributed by atoms with Crippen molar-refractivity contribution in [2.24, 2.45) is 0 Å². The normalized spacial score (nSPS) is 10.6. The molecule has 0 aliphatic carbocycles. The molecular weight excluding hydrogens is 301 g/mol. The van der Waals surface area contributed by atoms with Crippen LogP contribution in [0.2, 0.25) is 0 Å². The molecule has 6 heteroatoms. The van der Waals surface area contributed by atoms with Gasteiger partial charge in [-0.2, -0.15) is 0 Å². The van der Waals surface area contributed by atoms with E-state index in [9.17, 15) is 9.18 Å². The summed E-state index contributed by atoms with van der Waals surface area (Å²) >= 11 is 3.24. The van der Waals surface area contributed by atoms with Crippen LogP contribution >= 0.6 is 15.9 Å². The summed E-state index contributed by atoms with van der Waals surface area (Å²) < 4.78 is 15.3. The van der Waals surface area contributed by atoms with E-state index in [1.165, 1.54) is 29.1 Å². The number of benzene rings is 1. The maximum atomic E-state index is 13.2. The molecule has 1 aromatic heterocycles. The molecular formula is C12H11BrFN3O. The predicted octanol–water partition coefficient (Wildman–Crippen LogP) is 2.82. The maximum absolute atomic E-state index is 13.2. The molecule has 0 spiro atoms. The number of rotatable bonds is 4. The van der Waals surface area contributed by atoms with E-state index in [4.69, 9.17) is 0 Å². The Kier molecular flexibility index (Phi) is 3.86. The minimum Gasteiger partial charge on any atom is -0.287 e. The van der Waals surface area contributed by atoms with Crippen molar-refractivity contribution in [2.45, 2.75) is 19.9 Å². The Labute approximate surface area is 112 Å². The highest BCUT2D eigenvalue weighted by Gasteiger charge is 2.18. The van der Waals surface area contributed by atoms with Crippen LogP contribution < -0.4 is 0 Å². The Morgan fingerprint density at radius 1 is 1.50 bits per heavy atom. The summed E-state index contributed by atoms with van der Waals surface area (Å²) in [4.78, 5) is 12.3. The molecule has 2 aromatic rings. The molecule has 0 aliphatic rings. The number of aromatic nitrogens is 3. The second-order valence-electron chi connectivity index (χ2n) is 3.80. The topological polar surface area (TPSA) is 47.8 Å². The molecule has 2 rings (SSSR count). The lowest BCUT2D eigenvalue weighted by atomic mass is 10.1. The Hall–Kier alpha value is -1.56. The van der Waals surface area contributed by atoms with Crippen LogP contribution in [0.3, 0.4) is 0 Å². The Balaban J connectivity index is 2.41. The third-order valence-electron chi connectivity index (χ3n) is 2.46. The minimum atomic E-state index is -0.448. The largest absolute Gasteiger partial charge is 0.287 e. The van der Waals surface area contributed by atoms with E-state index in [0.29, 0.717) is 16.7 Å². The molecule has 94 valence electrons. The first-order chi connectivity index (χ1) is 8.63. The zero-order chi connectivity index (χ0) is 13.1. The number of nitrogens with zero attached hydrogens (tertiary/aromatic N) is 3. The van der Waals surface area contributed by atoms with Crippen LogP contribution in [-0.2, 0) is 6.54 Å². The average Bonchev–Trinajstić information content (AvgIpc) is 2.80. The van der Waals surface area contributed by atoms with E-state index < -0.39 is 5.82 Å². The van der Waals surface area contributed by atoms with Crippen molar-refractivity contribution < 1.29 is 9.18 Å². The molecule has 0 N–H and O–H groups in total. The third-order valence-corrected chi connectivity index (χ3v) is 3.15. The van der Waals surface area contributed by atoms with Gasteiger partial charge in [-0.3, -0.25) is 4.79 Å². The van der Waals surface area contributed by atoms with Gasteiger partial charge in [-0.05, 0) is 24.6 Å². The van der Waals surface area contributed by atoms with Crippen LogP contribution in [0.1, 0.15) is 29.4 Å². The predicted molar refractivity (Wildman–Crippen MR) is 67.8 cm³/mol. The second kappa shape index (κ2) is 5.39. The summed E-state index contributed by atoms with van der Waals surface area (Å²) in [6, 6.07) is 4.01. The van der Waals surface area contributed by atoms with Crippen molar-refractivity contribution in [3.8, 4) is 0 Å². The van der Waals surface area contributed by atoms with Crippen molar-refractivity contribution in [2.75, 3.05) is 0 Å². The molecule has 0 atom stereocenters. The van der Waals surface area contributed by atoms with Crippen molar-refractivity contribution in [3.05, 3.63) is 45.9 Å². The number of hydrogen-bond donors (Lipinski definition) is 0. The number of aryl methyl sites for hydroxylation is 1. The molecule has 0 amide bonds. The molecule has 0 unspecified atom stereocenters. The fraction of sp³-hybridized carbons (Fsp3) is 0.250. The molecule has 4 nitrogen and oxygen atoms in total. The summed E-state index contributed by atoms with van der Waals surface area (Å²) in [5, 5.41) is 7.56. The zero-order valence-corrected chi connectivity index (χ0v) is 11.3. The first-order valence-electron chi connectivity index (χ1n) is 5.51. The highest BCUT2D eigenvalue weighted by Crippen LogP contribution is 2.21. The van der Waals surface area contributed by atoms with Crippen LogP contribution in [0.15, 0.2) is 28.9 Å². The van der Waals surface area contributed by atoms with Crippen LogP contribution in [0.4, 0.5) is 4.39 Å². The SMILES string of the molecule is CCCn1nncc1C(=O)c1cc(F)ccc1Br. The zero-order valence-electron chi connectivity index (χ0n) is 9.73. The van der Waals surface area contributed by atoms with Gasteiger partial charge in [-0.25, -0.2) is 9.07 Å². The molecule has 0 saturated carbocycles. The van der Waals surface area contributed by atoms with Gasteiger partial charge in [0.1, 0.15) is 11.5 Å². The summed E-state index contributed by atoms with van der Waals surface area (Å²) in [6.45, 7) is 2.59. The fourth-order valence-corrected chi connectivity index (χ4v) is 2.05. The van der Waals surface area contributed by atoms with E-state index >= 15 is 0 Å². The quantitative estimate of drug-likeness (QED) is 0.816. The van der Waals surface area contributed by atoms with Crippen molar-refractivity contribution in [3.63, 3.8) is 0 Å². The van der Waals surface area contributed by atoms with Gasteiger partial charge in [0.2, 0.25) is 5.78 Å². The van der Waals surface area contributed by atoms with Gasteiger partial charge in [-0.15, -0.1) is 5.10 Å². The highest BCUT2D eigenvalue weighted by atomic mass is 79.9.